The van der Waals surface area contributed by atoms with Crippen molar-refractivity contribution in [1.29, 1.82) is 0 Å². The van der Waals surface area contributed by atoms with Crippen LogP contribution in [0.4, 0.5) is 0 Å². The lowest BCUT2D eigenvalue weighted by Crippen LogP contribution is -2.24. The van der Waals surface area contributed by atoms with Crippen molar-refractivity contribution in [2.75, 3.05) is 13.2 Å². The number of nitrogens with two attached hydrogens (primary N) is 1. The highest BCUT2D eigenvalue weighted by Crippen LogP contribution is 2.32. The minimum Gasteiger partial charge on any atom is -0.482 e. The maximum atomic E-state index is 13.0. The van der Waals surface area contributed by atoms with Gasteiger partial charge in [-0.05, 0) is 41.7 Å². The standard InChI is InChI=1S/C29H28N2O5/c1-3-22-24(16-20-12-8-9-13-23(20)19-10-6-5-7-11-19)31-15-14-21(36-18-26(32)35-4-2)17-25(31)27(22)28(33)29(30)34/h5-15,17H,3-4,16,18H2,1-2H3,(H2,30,34). The molecule has 2 N–H and O–H groups in total. The molecule has 7 heteroatoms. The second kappa shape index (κ2) is 10.9. The van der Waals surface area contributed by atoms with Crippen LogP contribution in [-0.2, 0) is 27.2 Å². The maximum Gasteiger partial charge on any atom is 0.344 e. The van der Waals surface area contributed by atoms with Crippen molar-refractivity contribution in [2.24, 2.45) is 5.73 Å². The highest BCUT2D eigenvalue weighted by Gasteiger charge is 2.26. The van der Waals surface area contributed by atoms with Crippen LogP contribution < -0.4 is 10.5 Å². The molecule has 7 nitrogen and oxygen atoms in total. The molecule has 2 aromatic carbocycles. The van der Waals surface area contributed by atoms with Crippen LogP contribution in [0.3, 0.4) is 0 Å². The number of aromatic nitrogens is 1. The molecule has 2 aromatic heterocycles. The van der Waals surface area contributed by atoms with Crippen molar-refractivity contribution in [3.05, 3.63) is 95.3 Å². The first-order valence-corrected chi connectivity index (χ1v) is 11.9. The summed E-state index contributed by atoms with van der Waals surface area (Å²) in [6, 6.07) is 21.6. The van der Waals surface area contributed by atoms with Gasteiger partial charge in [0.2, 0.25) is 0 Å². The van der Waals surface area contributed by atoms with E-state index in [0.717, 1.165) is 27.9 Å². The molecule has 0 atom stereocenters. The SMILES string of the molecule is CCOC(=O)COc1ccn2c(Cc3ccccc3-c3ccccc3)c(CC)c(C(=O)C(N)=O)c2c1. The number of nitrogens with zero attached hydrogens (tertiary/aromatic N) is 1. The van der Waals surface area contributed by atoms with Crippen molar-refractivity contribution >= 4 is 23.2 Å². The fourth-order valence-electron chi connectivity index (χ4n) is 4.49. The van der Waals surface area contributed by atoms with E-state index < -0.39 is 17.7 Å². The van der Waals surface area contributed by atoms with Gasteiger partial charge in [-0.2, -0.15) is 0 Å². The van der Waals surface area contributed by atoms with Gasteiger partial charge in [0, 0.05) is 24.4 Å². The van der Waals surface area contributed by atoms with Gasteiger partial charge in [-0.15, -0.1) is 0 Å². The zero-order chi connectivity index (χ0) is 25.7. The molecule has 0 unspecified atom stereocenters. The van der Waals surface area contributed by atoms with Crippen LogP contribution >= 0.6 is 0 Å². The predicted octanol–water partition coefficient (Wildman–Crippen LogP) is 4.37. The highest BCUT2D eigenvalue weighted by molar-refractivity contribution is 6.44. The molecule has 0 radical (unpaired) electrons. The predicted molar refractivity (Wildman–Crippen MR) is 137 cm³/mol. The zero-order valence-corrected chi connectivity index (χ0v) is 20.3. The fraction of sp³-hybridized carbons (Fsp3) is 0.207. The lowest BCUT2D eigenvalue weighted by atomic mass is 9.94. The lowest BCUT2D eigenvalue weighted by molar-refractivity contribution is -0.145. The molecular formula is C29H28N2O5. The number of ketones is 1. The number of hydrogen-bond donors (Lipinski definition) is 1. The number of carbonyl (C=O) groups is 3. The van der Waals surface area contributed by atoms with Gasteiger partial charge in [0.05, 0.1) is 17.7 Å². The Balaban J connectivity index is 1.83. The Hall–Kier alpha value is -4.39. The van der Waals surface area contributed by atoms with E-state index in [9.17, 15) is 14.4 Å². The molecule has 0 saturated heterocycles. The zero-order valence-electron chi connectivity index (χ0n) is 20.3. The molecule has 0 fully saturated rings. The molecule has 2 heterocycles. The van der Waals surface area contributed by atoms with Gasteiger partial charge in [-0.25, -0.2) is 4.79 Å². The average Bonchev–Trinajstić information content (AvgIpc) is 3.20. The molecule has 0 spiro atoms. The summed E-state index contributed by atoms with van der Waals surface area (Å²) >= 11 is 0. The van der Waals surface area contributed by atoms with Crippen LogP contribution in [0, 0.1) is 0 Å². The van der Waals surface area contributed by atoms with E-state index >= 15 is 0 Å². The van der Waals surface area contributed by atoms with Crippen LogP contribution in [-0.4, -0.2) is 35.3 Å². The lowest BCUT2D eigenvalue weighted by Gasteiger charge is -2.12. The molecule has 0 aliphatic carbocycles. The Morgan fingerprint density at radius 1 is 0.944 bits per heavy atom. The van der Waals surface area contributed by atoms with Crippen molar-refractivity contribution < 1.29 is 23.9 Å². The van der Waals surface area contributed by atoms with Crippen LogP contribution in [0.2, 0.25) is 0 Å². The van der Waals surface area contributed by atoms with Gasteiger partial charge in [0.25, 0.3) is 11.7 Å². The molecule has 0 saturated carbocycles. The van der Waals surface area contributed by atoms with E-state index in [2.05, 4.69) is 24.3 Å². The van der Waals surface area contributed by atoms with Crippen molar-refractivity contribution in [2.45, 2.75) is 26.7 Å². The third kappa shape index (κ3) is 5.00. The van der Waals surface area contributed by atoms with Gasteiger partial charge < -0.3 is 19.6 Å². The third-order valence-corrected chi connectivity index (χ3v) is 6.05. The van der Waals surface area contributed by atoms with E-state index in [-0.39, 0.29) is 18.8 Å². The smallest absolute Gasteiger partial charge is 0.344 e. The Morgan fingerprint density at radius 3 is 2.36 bits per heavy atom. The van der Waals surface area contributed by atoms with E-state index in [1.807, 2.05) is 41.7 Å². The number of hydrogen-bond acceptors (Lipinski definition) is 5. The van der Waals surface area contributed by atoms with Crippen LogP contribution in [0.25, 0.3) is 16.6 Å². The number of ether oxygens (including phenoxy) is 2. The molecule has 36 heavy (non-hydrogen) atoms. The number of benzene rings is 2. The summed E-state index contributed by atoms with van der Waals surface area (Å²) in [4.78, 5) is 36.6. The molecule has 0 aliphatic heterocycles. The quantitative estimate of drug-likeness (QED) is 0.205. The van der Waals surface area contributed by atoms with Gasteiger partial charge in [-0.1, -0.05) is 61.5 Å². The average molecular weight is 485 g/mol. The first kappa shape index (κ1) is 24.7. The summed E-state index contributed by atoms with van der Waals surface area (Å²) in [5.41, 5.74) is 11.1. The Kier molecular flexibility index (Phi) is 7.49. The van der Waals surface area contributed by atoms with E-state index in [4.69, 9.17) is 15.2 Å². The number of carbonyl (C=O) groups excluding carboxylic acids is 3. The molecule has 0 aliphatic rings. The molecule has 4 aromatic rings. The molecular weight excluding hydrogens is 456 g/mol. The van der Waals surface area contributed by atoms with Crippen molar-refractivity contribution in [3.8, 4) is 16.9 Å². The van der Waals surface area contributed by atoms with Crippen LogP contribution in [0.15, 0.2) is 72.9 Å². The topological polar surface area (TPSA) is 100 Å². The van der Waals surface area contributed by atoms with E-state index in [1.54, 1.807) is 25.3 Å². The number of pyridine rings is 1. The van der Waals surface area contributed by atoms with Crippen LogP contribution in [0.5, 0.6) is 5.75 Å². The minimum absolute atomic E-state index is 0.255. The van der Waals surface area contributed by atoms with Gasteiger partial charge in [-0.3, -0.25) is 9.59 Å². The van der Waals surface area contributed by atoms with Crippen molar-refractivity contribution in [3.63, 3.8) is 0 Å². The minimum atomic E-state index is -1.02. The summed E-state index contributed by atoms with van der Waals surface area (Å²) in [6.45, 7) is 3.65. The summed E-state index contributed by atoms with van der Waals surface area (Å²) in [7, 11) is 0. The Labute approximate surface area is 209 Å². The first-order chi connectivity index (χ1) is 17.4. The van der Waals surface area contributed by atoms with Crippen LogP contribution in [0.1, 0.15) is 41.0 Å². The normalized spacial score (nSPS) is 10.8. The maximum absolute atomic E-state index is 13.0. The van der Waals surface area contributed by atoms with Gasteiger partial charge in [0.1, 0.15) is 5.75 Å². The third-order valence-electron chi connectivity index (χ3n) is 6.05. The Morgan fingerprint density at radius 2 is 1.67 bits per heavy atom. The van der Waals surface area contributed by atoms with Gasteiger partial charge in [0.15, 0.2) is 6.61 Å². The number of Topliss-reactive ketones (excluding diaryl/α,β-unsaturated/α-hetero) is 1. The number of primary amides is 1. The summed E-state index contributed by atoms with van der Waals surface area (Å²) in [5.74, 6) is -1.89. The fourth-order valence-corrected chi connectivity index (χ4v) is 4.49. The largest absolute Gasteiger partial charge is 0.482 e. The second-order valence-corrected chi connectivity index (χ2v) is 8.26. The molecule has 1 amide bonds. The second-order valence-electron chi connectivity index (χ2n) is 8.26. The van der Waals surface area contributed by atoms with Crippen molar-refractivity contribution in [1.82, 2.24) is 4.40 Å². The molecule has 184 valence electrons. The van der Waals surface area contributed by atoms with Gasteiger partial charge >= 0.3 is 5.97 Å². The number of fused-ring (bicyclic) bond motifs is 1. The monoisotopic (exact) mass is 484 g/mol. The summed E-state index contributed by atoms with van der Waals surface area (Å²) in [5, 5.41) is 0. The van der Waals surface area contributed by atoms with E-state index in [0.29, 0.717) is 24.1 Å². The molecule has 0 bridgehead atoms. The summed E-state index contributed by atoms with van der Waals surface area (Å²) in [6.07, 6.45) is 2.84. The Bertz CT molecular complexity index is 1420. The summed E-state index contributed by atoms with van der Waals surface area (Å²) < 4.78 is 12.4. The van der Waals surface area contributed by atoms with E-state index in [1.165, 1.54) is 0 Å². The number of esters is 1. The first-order valence-electron chi connectivity index (χ1n) is 11.9. The number of rotatable bonds is 10. The highest BCUT2D eigenvalue weighted by atomic mass is 16.6. The molecule has 4 rings (SSSR count). The number of amides is 1.